The van der Waals surface area contributed by atoms with E-state index in [9.17, 15) is 4.79 Å². The van der Waals surface area contributed by atoms with E-state index < -0.39 is 0 Å². The van der Waals surface area contributed by atoms with E-state index in [0.717, 1.165) is 32.5 Å². The van der Waals surface area contributed by atoms with Gasteiger partial charge in [-0.05, 0) is 26.7 Å². The molecular weight excluding hydrogens is 238 g/mol. The minimum atomic E-state index is 0.202. The van der Waals surface area contributed by atoms with E-state index in [1.54, 1.807) is 0 Å². The zero-order chi connectivity index (χ0) is 14.7. The standard InChI is InChI=1S/C15H31N3O/c1-6-10-16-11-9-15(19)18(14(4)5)17(12-7-2)13-8-3/h6,14,16H,1,7-13H2,2-5H3. The zero-order valence-electron chi connectivity index (χ0n) is 13.1. The summed E-state index contributed by atoms with van der Waals surface area (Å²) in [5.74, 6) is 0.202. The molecule has 0 saturated carbocycles. The van der Waals surface area contributed by atoms with Crippen LogP contribution in [0.2, 0.25) is 0 Å². The molecule has 0 fully saturated rings. The number of amides is 1. The minimum absolute atomic E-state index is 0.202. The summed E-state index contributed by atoms with van der Waals surface area (Å²) in [6.45, 7) is 15.5. The number of nitrogens with zero attached hydrogens (tertiary/aromatic N) is 2. The van der Waals surface area contributed by atoms with Gasteiger partial charge in [0.1, 0.15) is 0 Å². The highest BCUT2D eigenvalue weighted by atomic mass is 16.2. The van der Waals surface area contributed by atoms with Gasteiger partial charge in [-0.15, -0.1) is 6.58 Å². The Kier molecular flexibility index (Phi) is 10.5. The Balaban J connectivity index is 4.48. The second kappa shape index (κ2) is 11.0. The quantitative estimate of drug-likeness (QED) is 0.355. The van der Waals surface area contributed by atoms with Crippen LogP contribution >= 0.6 is 0 Å². The van der Waals surface area contributed by atoms with E-state index in [1.807, 2.05) is 11.1 Å². The molecule has 0 radical (unpaired) electrons. The molecule has 0 aromatic heterocycles. The summed E-state index contributed by atoms with van der Waals surface area (Å²) in [6, 6.07) is 0.213. The molecule has 0 saturated heterocycles. The first kappa shape index (κ1) is 18.1. The fraction of sp³-hybridized carbons (Fsp3) is 0.800. The van der Waals surface area contributed by atoms with Crippen molar-refractivity contribution in [3.63, 3.8) is 0 Å². The Morgan fingerprint density at radius 2 is 1.84 bits per heavy atom. The Hall–Kier alpha value is -0.870. The summed E-state index contributed by atoms with van der Waals surface area (Å²) in [7, 11) is 0. The molecule has 0 bridgehead atoms. The molecule has 112 valence electrons. The molecule has 0 aliphatic rings. The third kappa shape index (κ3) is 7.33. The largest absolute Gasteiger partial charge is 0.313 e. The normalized spacial score (nSPS) is 11.1. The van der Waals surface area contributed by atoms with E-state index in [-0.39, 0.29) is 11.9 Å². The predicted octanol–water partition coefficient (Wildman–Crippen LogP) is 2.43. The van der Waals surface area contributed by atoms with Gasteiger partial charge in [0.15, 0.2) is 0 Å². The molecule has 0 unspecified atom stereocenters. The number of rotatable bonds is 11. The monoisotopic (exact) mass is 269 g/mol. The average molecular weight is 269 g/mol. The maximum atomic E-state index is 12.4. The highest BCUT2D eigenvalue weighted by molar-refractivity contribution is 5.76. The summed E-state index contributed by atoms with van der Waals surface area (Å²) in [5.41, 5.74) is 0. The smallest absolute Gasteiger partial charge is 0.238 e. The van der Waals surface area contributed by atoms with Gasteiger partial charge >= 0.3 is 0 Å². The van der Waals surface area contributed by atoms with Crippen LogP contribution in [0.5, 0.6) is 0 Å². The molecule has 4 nitrogen and oxygen atoms in total. The van der Waals surface area contributed by atoms with Crippen LogP contribution in [0, 0.1) is 0 Å². The number of carbonyl (C=O) groups is 1. The van der Waals surface area contributed by atoms with Crippen molar-refractivity contribution in [1.29, 1.82) is 0 Å². The van der Waals surface area contributed by atoms with E-state index >= 15 is 0 Å². The van der Waals surface area contributed by atoms with E-state index in [0.29, 0.717) is 13.0 Å². The molecule has 0 rings (SSSR count). The first-order chi connectivity index (χ1) is 9.08. The van der Waals surface area contributed by atoms with E-state index in [1.165, 1.54) is 0 Å². The Morgan fingerprint density at radius 3 is 2.26 bits per heavy atom. The van der Waals surface area contributed by atoms with E-state index in [2.05, 4.69) is 44.6 Å². The van der Waals surface area contributed by atoms with Crippen LogP contribution in [0.15, 0.2) is 12.7 Å². The van der Waals surface area contributed by atoms with Crippen molar-refractivity contribution in [1.82, 2.24) is 15.3 Å². The molecule has 4 heteroatoms. The molecular formula is C15H31N3O. The fourth-order valence-corrected chi connectivity index (χ4v) is 2.13. The predicted molar refractivity (Wildman–Crippen MR) is 81.8 cm³/mol. The number of carbonyl (C=O) groups excluding carboxylic acids is 1. The van der Waals surface area contributed by atoms with Crippen molar-refractivity contribution in [2.75, 3.05) is 26.2 Å². The first-order valence-corrected chi connectivity index (χ1v) is 7.46. The van der Waals surface area contributed by atoms with Crippen LogP contribution in [0.3, 0.4) is 0 Å². The molecule has 1 N–H and O–H groups in total. The van der Waals surface area contributed by atoms with E-state index in [4.69, 9.17) is 0 Å². The van der Waals surface area contributed by atoms with Crippen molar-refractivity contribution in [3.05, 3.63) is 12.7 Å². The van der Waals surface area contributed by atoms with Gasteiger partial charge in [-0.3, -0.25) is 9.80 Å². The SMILES string of the molecule is C=CCNCCC(=O)N(C(C)C)N(CCC)CCC. The summed E-state index contributed by atoms with van der Waals surface area (Å²) >= 11 is 0. The topological polar surface area (TPSA) is 35.6 Å². The summed E-state index contributed by atoms with van der Waals surface area (Å²) < 4.78 is 0. The molecule has 0 aliphatic heterocycles. The van der Waals surface area contributed by atoms with Crippen LogP contribution < -0.4 is 5.32 Å². The minimum Gasteiger partial charge on any atom is -0.313 e. The van der Waals surface area contributed by atoms with Crippen molar-refractivity contribution in [2.45, 2.75) is 53.0 Å². The van der Waals surface area contributed by atoms with Gasteiger partial charge in [-0.2, -0.15) is 0 Å². The molecule has 0 aliphatic carbocycles. The second-order valence-corrected chi connectivity index (χ2v) is 5.03. The number of nitrogens with one attached hydrogen (secondary N) is 1. The lowest BCUT2D eigenvalue weighted by atomic mass is 10.3. The zero-order valence-corrected chi connectivity index (χ0v) is 13.1. The first-order valence-electron chi connectivity index (χ1n) is 7.46. The highest BCUT2D eigenvalue weighted by Gasteiger charge is 2.22. The second-order valence-electron chi connectivity index (χ2n) is 5.03. The lowest BCUT2D eigenvalue weighted by Crippen LogP contribution is -2.51. The lowest BCUT2D eigenvalue weighted by molar-refractivity contribution is -0.154. The number of hydrogen-bond acceptors (Lipinski definition) is 3. The molecule has 0 spiro atoms. The van der Waals surface area contributed by atoms with Gasteiger partial charge in [0.05, 0.1) is 0 Å². The molecule has 1 amide bonds. The molecule has 19 heavy (non-hydrogen) atoms. The Labute approximate surface area is 118 Å². The van der Waals surface area contributed by atoms with Gasteiger partial charge in [0, 0.05) is 38.6 Å². The van der Waals surface area contributed by atoms with Crippen molar-refractivity contribution < 1.29 is 4.79 Å². The molecule has 0 heterocycles. The fourth-order valence-electron chi connectivity index (χ4n) is 2.13. The maximum absolute atomic E-state index is 12.4. The van der Waals surface area contributed by atoms with Crippen LogP contribution in [-0.2, 0) is 4.79 Å². The van der Waals surface area contributed by atoms with Gasteiger partial charge in [-0.25, -0.2) is 5.01 Å². The third-order valence-electron chi connectivity index (χ3n) is 2.82. The van der Waals surface area contributed by atoms with Crippen LogP contribution in [-0.4, -0.2) is 48.1 Å². The highest BCUT2D eigenvalue weighted by Crippen LogP contribution is 2.09. The van der Waals surface area contributed by atoms with Gasteiger partial charge in [0.25, 0.3) is 0 Å². The summed E-state index contributed by atoms with van der Waals surface area (Å²) in [5, 5.41) is 7.31. The van der Waals surface area contributed by atoms with Gasteiger partial charge in [-0.1, -0.05) is 19.9 Å². The van der Waals surface area contributed by atoms with Crippen molar-refractivity contribution in [2.24, 2.45) is 0 Å². The van der Waals surface area contributed by atoms with Crippen LogP contribution in [0.1, 0.15) is 47.0 Å². The van der Waals surface area contributed by atoms with Crippen molar-refractivity contribution >= 4 is 5.91 Å². The average Bonchev–Trinajstić information content (AvgIpc) is 2.35. The summed E-state index contributed by atoms with van der Waals surface area (Å²) in [6.07, 6.45) is 4.47. The maximum Gasteiger partial charge on any atom is 0.238 e. The molecule has 0 aromatic carbocycles. The Morgan fingerprint density at radius 1 is 1.26 bits per heavy atom. The van der Waals surface area contributed by atoms with Crippen LogP contribution in [0.25, 0.3) is 0 Å². The van der Waals surface area contributed by atoms with Gasteiger partial charge in [0.2, 0.25) is 5.91 Å². The van der Waals surface area contributed by atoms with Crippen molar-refractivity contribution in [3.8, 4) is 0 Å². The third-order valence-corrected chi connectivity index (χ3v) is 2.82. The number of hydrazine groups is 1. The molecule has 0 aromatic rings. The molecule has 0 atom stereocenters. The lowest BCUT2D eigenvalue weighted by Gasteiger charge is -2.38. The summed E-state index contributed by atoms with van der Waals surface area (Å²) in [4.78, 5) is 12.4. The number of hydrogen-bond donors (Lipinski definition) is 1. The Bertz CT molecular complexity index is 248. The van der Waals surface area contributed by atoms with Crippen LogP contribution in [0.4, 0.5) is 0 Å². The van der Waals surface area contributed by atoms with Gasteiger partial charge < -0.3 is 5.32 Å².